The van der Waals surface area contributed by atoms with Crippen molar-refractivity contribution in [2.45, 2.75) is 26.4 Å². The largest absolute Gasteiger partial charge is 0.336 e. The molecule has 9 heteroatoms. The maximum Gasteiger partial charge on any atom is 0.315 e. The lowest BCUT2D eigenvalue weighted by molar-refractivity contribution is 0.0698. The highest BCUT2D eigenvalue weighted by atomic mass is 32.2. The molecule has 0 radical (unpaired) electrons. The smallest absolute Gasteiger partial charge is 0.315 e. The summed E-state index contributed by atoms with van der Waals surface area (Å²) in [5, 5.41) is 6.74. The van der Waals surface area contributed by atoms with E-state index in [9.17, 15) is 18.0 Å². The van der Waals surface area contributed by atoms with Crippen LogP contribution in [-0.4, -0.2) is 61.8 Å². The van der Waals surface area contributed by atoms with Crippen molar-refractivity contribution < 1.29 is 18.0 Å². The number of amides is 3. The Morgan fingerprint density at radius 3 is 2.21 bits per heavy atom. The minimum absolute atomic E-state index is 0.0559. The van der Waals surface area contributed by atoms with E-state index in [4.69, 9.17) is 0 Å². The predicted octanol–water partition coefficient (Wildman–Crippen LogP) is 2.65. The van der Waals surface area contributed by atoms with Crippen LogP contribution in [0.5, 0.6) is 0 Å². The van der Waals surface area contributed by atoms with E-state index >= 15 is 0 Å². The second kappa shape index (κ2) is 11.1. The van der Waals surface area contributed by atoms with Gasteiger partial charge < -0.3 is 15.5 Å². The first-order chi connectivity index (χ1) is 15.7. The summed E-state index contributed by atoms with van der Waals surface area (Å²) in [6, 6.07) is 16.1. The summed E-state index contributed by atoms with van der Waals surface area (Å²) in [4.78, 5) is 26.2. The third-order valence-electron chi connectivity index (χ3n) is 5.19. The Morgan fingerprint density at radius 1 is 0.970 bits per heavy atom. The lowest BCUT2D eigenvalue weighted by Crippen LogP contribution is -2.50. The van der Waals surface area contributed by atoms with Crippen molar-refractivity contribution in [1.29, 1.82) is 0 Å². The standard InChI is InChI=1S/C24H30N4O4S/c1-19(2)26-24(30)25-18-21-8-10-22(11-9-21)23(29)27-13-15-28(16-14-27)33(31,32)17-12-20-6-4-3-5-7-20/h3-12,17,19H,13-16,18H2,1-2H3,(H2,25,26,30)/b17-12+. The maximum absolute atomic E-state index is 12.8. The summed E-state index contributed by atoms with van der Waals surface area (Å²) in [7, 11) is -3.55. The van der Waals surface area contributed by atoms with E-state index in [1.807, 2.05) is 44.2 Å². The summed E-state index contributed by atoms with van der Waals surface area (Å²) in [6.45, 7) is 5.29. The molecule has 3 amide bonds. The van der Waals surface area contributed by atoms with E-state index in [1.165, 1.54) is 9.71 Å². The van der Waals surface area contributed by atoms with Gasteiger partial charge in [-0.25, -0.2) is 13.2 Å². The molecular weight excluding hydrogens is 440 g/mol. The lowest BCUT2D eigenvalue weighted by atomic mass is 10.1. The second-order valence-electron chi connectivity index (χ2n) is 8.13. The maximum atomic E-state index is 12.8. The SMILES string of the molecule is CC(C)NC(=O)NCc1ccc(C(=O)N2CCN(S(=O)(=O)/C=C/c3ccccc3)CC2)cc1. The van der Waals surface area contributed by atoms with Crippen LogP contribution in [0, 0.1) is 0 Å². The highest BCUT2D eigenvalue weighted by Crippen LogP contribution is 2.14. The molecule has 2 N–H and O–H groups in total. The molecule has 2 aromatic rings. The van der Waals surface area contributed by atoms with Gasteiger partial charge in [0.2, 0.25) is 10.0 Å². The molecule has 176 valence electrons. The fraction of sp³-hybridized carbons (Fsp3) is 0.333. The summed E-state index contributed by atoms with van der Waals surface area (Å²) in [5.41, 5.74) is 2.23. The Balaban J connectivity index is 1.51. The first-order valence-corrected chi connectivity index (χ1v) is 12.4. The van der Waals surface area contributed by atoms with Gasteiger partial charge in [0.1, 0.15) is 0 Å². The molecule has 1 saturated heterocycles. The van der Waals surface area contributed by atoms with Gasteiger partial charge in [0.05, 0.1) is 0 Å². The topological polar surface area (TPSA) is 98.8 Å². The monoisotopic (exact) mass is 470 g/mol. The molecule has 1 aliphatic rings. The molecule has 1 heterocycles. The molecule has 1 fully saturated rings. The highest BCUT2D eigenvalue weighted by molar-refractivity contribution is 7.92. The van der Waals surface area contributed by atoms with Gasteiger partial charge in [0.25, 0.3) is 5.91 Å². The molecule has 2 aromatic carbocycles. The molecule has 0 aliphatic carbocycles. The van der Waals surface area contributed by atoms with Gasteiger partial charge in [-0.15, -0.1) is 0 Å². The van der Waals surface area contributed by atoms with Crippen molar-refractivity contribution in [3.8, 4) is 0 Å². The van der Waals surface area contributed by atoms with Crippen molar-refractivity contribution in [1.82, 2.24) is 19.8 Å². The van der Waals surface area contributed by atoms with Gasteiger partial charge in [-0.1, -0.05) is 42.5 Å². The Hall–Kier alpha value is -3.17. The molecule has 0 aromatic heterocycles. The van der Waals surface area contributed by atoms with Crippen molar-refractivity contribution in [3.63, 3.8) is 0 Å². The number of piperazine rings is 1. The number of benzene rings is 2. The molecular formula is C24H30N4O4S. The van der Waals surface area contributed by atoms with E-state index < -0.39 is 10.0 Å². The van der Waals surface area contributed by atoms with Crippen molar-refractivity contribution >= 4 is 28.0 Å². The van der Waals surface area contributed by atoms with Gasteiger partial charge in [-0.2, -0.15) is 4.31 Å². The minimum Gasteiger partial charge on any atom is -0.336 e. The van der Waals surface area contributed by atoms with E-state index in [-0.39, 0.29) is 31.1 Å². The molecule has 0 saturated carbocycles. The number of sulfonamides is 1. The van der Waals surface area contributed by atoms with Crippen LogP contribution in [0.4, 0.5) is 4.79 Å². The van der Waals surface area contributed by atoms with E-state index in [0.717, 1.165) is 11.1 Å². The third kappa shape index (κ3) is 7.16. The van der Waals surface area contributed by atoms with Crippen molar-refractivity contribution in [3.05, 3.63) is 76.7 Å². The number of rotatable bonds is 7. The first kappa shape index (κ1) is 24.5. The number of nitrogens with one attached hydrogen (secondary N) is 2. The van der Waals surface area contributed by atoms with Crippen LogP contribution in [0.2, 0.25) is 0 Å². The fourth-order valence-electron chi connectivity index (χ4n) is 3.40. The zero-order chi connectivity index (χ0) is 23.8. The van der Waals surface area contributed by atoms with Gasteiger partial charge in [-0.3, -0.25) is 4.79 Å². The average Bonchev–Trinajstić information content (AvgIpc) is 2.82. The Kier molecular flexibility index (Phi) is 8.24. The van der Waals surface area contributed by atoms with Crippen LogP contribution < -0.4 is 10.6 Å². The van der Waals surface area contributed by atoms with Crippen LogP contribution >= 0.6 is 0 Å². The van der Waals surface area contributed by atoms with Crippen molar-refractivity contribution in [2.75, 3.05) is 26.2 Å². The zero-order valence-corrected chi connectivity index (χ0v) is 19.7. The number of hydrogen-bond acceptors (Lipinski definition) is 4. The first-order valence-electron chi connectivity index (χ1n) is 10.9. The van der Waals surface area contributed by atoms with Crippen molar-refractivity contribution in [2.24, 2.45) is 0 Å². The number of carbonyl (C=O) groups is 2. The van der Waals surface area contributed by atoms with Gasteiger partial charge in [-0.05, 0) is 43.2 Å². The van der Waals surface area contributed by atoms with E-state index in [0.29, 0.717) is 25.2 Å². The highest BCUT2D eigenvalue weighted by Gasteiger charge is 2.27. The molecule has 0 atom stereocenters. The number of nitrogens with zero attached hydrogens (tertiary/aromatic N) is 2. The molecule has 8 nitrogen and oxygen atoms in total. The third-order valence-corrected chi connectivity index (χ3v) is 6.76. The summed E-state index contributed by atoms with van der Waals surface area (Å²) >= 11 is 0. The van der Waals surface area contributed by atoms with Crippen LogP contribution in [-0.2, 0) is 16.6 Å². The van der Waals surface area contributed by atoms with E-state index in [2.05, 4.69) is 10.6 Å². The lowest BCUT2D eigenvalue weighted by Gasteiger charge is -2.33. The van der Waals surface area contributed by atoms with E-state index in [1.54, 1.807) is 35.2 Å². The number of carbonyl (C=O) groups excluding carboxylic acids is 2. The van der Waals surface area contributed by atoms with Gasteiger partial charge in [0, 0.05) is 49.7 Å². The Bertz CT molecular complexity index is 1080. The normalized spacial score (nSPS) is 15.1. The van der Waals surface area contributed by atoms with Gasteiger partial charge in [0.15, 0.2) is 0 Å². The van der Waals surface area contributed by atoms with Crippen LogP contribution in [0.3, 0.4) is 0 Å². The van der Waals surface area contributed by atoms with Crippen LogP contribution in [0.25, 0.3) is 6.08 Å². The molecule has 33 heavy (non-hydrogen) atoms. The Morgan fingerprint density at radius 2 is 1.61 bits per heavy atom. The van der Waals surface area contributed by atoms with Crippen LogP contribution in [0.1, 0.15) is 35.3 Å². The summed E-state index contributed by atoms with van der Waals surface area (Å²) < 4.78 is 26.6. The zero-order valence-electron chi connectivity index (χ0n) is 18.9. The average molecular weight is 471 g/mol. The molecule has 0 bridgehead atoms. The molecule has 1 aliphatic heterocycles. The Labute approximate surface area is 195 Å². The van der Waals surface area contributed by atoms with Crippen LogP contribution in [0.15, 0.2) is 60.0 Å². The second-order valence-corrected chi connectivity index (χ2v) is 9.95. The minimum atomic E-state index is -3.55. The van der Waals surface area contributed by atoms with Gasteiger partial charge >= 0.3 is 6.03 Å². The molecule has 0 spiro atoms. The quantitative estimate of drug-likeness (QED) is 0.650. The predicted molar refractivity (Wildman–Crippen MR) is 129 cm³/mol. The summed E-state index contributed by atoms with van der Waals surface area (Å²) in [5.74, 6) is -0.135. The fourth-order valence-corrected chi connectivity index (χ4v) is 4.58. The number of urea groups is 1. The summed E-state index contributed by atoms with van der Waals surface area (Å²) in [6.07, 6.45) is 1.58. The molecule has 3 rings (SSSR count). The molecule has 0 unspecified atom stereocenters. The number of hydrogen-bond donors (Lipinski definition) is 2.